The minimum absolute atomic E-state index is 0.0732. The lowest BCUT2D eigenvalue weighted by atomic mass is 10.2. The molecular weight excluding hydrogens is 298 g/mol. The molecule has 1 aromatic rings. The minimum atomic E-state index is -3.67. The van der Waals surface area contributed by atoms with Gasteiger partial charge in [0.05, 0.1) is 44.5 Å². The molecule has 0 aromatic heterocycles. The summed E-state index contributed by atoms with van der Waals surface area (Å²) in [4.78, 5) is 0.0732. The topological polar surface area (TPSA) is 94.1 Å². The van der Waals surface area contributed by atoms with Crippen molar-refractivity contribution in [2.75, 3.05) is 33.5 Å². The molecule has 118 valence electrons. The molecule has 1 aromatic carbocycles. The van der Waals surface area contributed by atoms with Crippen LogP contribution in [-0.4, -0.2) is 53.1 Å². The molecule has 8 heteroatoms. The maximum absolute atomic E-state index is 12.2. The third-order valence-electron chi connectivity index (χ3n) is 3.12. The second-order valence-electron chi connectivity index (χ2n) is 4.55. The van der Waals surface area contributed by atoms with E-state index >= 15 is 0 Å². The predicted octanol–water partition coefficient (Wildman–Crippen LogP) is -0.119. The zero-order valence-electron chi connectivity index (χ0n) is 11.7. The van der Waals surface area contributed by atoms with Gasteiger partial charge in [-0.3, -0.25) is 0 Å². The van der Waals surface area contributed by atoms with Crippen molar-refractivity contribution in [2.45, 2.75) is 17.6 Å². The molecule has 1 heterocycles. The van der Waals surface area contributed by atoms with Gasteiger partial charge in [-0.05, 0) is 18.2 Å². The highest BCUT2D eigenvalue weighted by Crippen LogP contribution is 2.22. The highest BCUT2D eigenvalue weighted by Gasteiger charge is 2.20. The zero-order valence-corrected chi connectivity index (χ0v) is 12.6. The van der Waals surface area contributed by atoms with Gasteiger partial charge in [0.2, 0.25) is 10.0 Å². The van der Waals surface area contributed by atoms with Crippen molar-refractivity contribution in [2.24, 2.45) is 0 Å². The highest BCUT2D eigenvalue weighted by atomic mass is 32.2. The fraction of sp³-hybridized carbons (Fsp3) is 0.538. The van der Waals surface area contributed by atoms with Gasteiger partial charge in [-0.15, -0.1) is 0 Å². The van der Waals surface area contributed by atoms with Crippen molar-refractivity contribution in [3.8, 4) is 5.75 Å². The van der Waals surface area contributed by atoms with Gasteiger partial charge in [0, 0.05) is 12.1 Å². The monoisotopic (exact) mass is 317 g/mol. The third kappa shape index (κ3) is 4.14. The van der Waals surface area contributed by atoms with Crippen LogP contribution in [0.4, 0.5) is 0 Å². The van der Waals surface area contributed by atoms with Gasteiger partial charge in [0.15, 0.2) is 0 Å². The summed E-state index contributed by atoms with van der Waals surface area (Å²) in [6.45, 7) is 1.20. The number of nitrogens with one attached hydrogen (secondary N) is 1. The van der Waals surface area contributed by atoms with Crippen LogP contribution >= 0.6 is 0 Å². The lowest BCUT2D eigenvalue weighted by molar-refractivity contribution is -0.0846. The molecule has 1 fully saturated rings. The van der Waals surface area contributed by atoms with Crippen LogP contribution in [0.15, 0.2) is 23.1 Å². The van der Waals surface area contributed by atoms with Crippen molar-refractivity contribution >= 4 is 10.0 Å². The normalized spacial score (nSPS) is 19.4. The van der Waals surface area contributed by atoms with Gasteiger partial charge in [0.25, 0.3) is 0 Å². The largest absolute Gasteiger partial charge is 0.496 e. The average molecular weight is 317 g/mol. The lowest BCUT2D eigenvalue weighted by Gasteiger charge is -2.23. The van der Waals surface area contributed by atoms with E-state index in [0.29, 0.717) is 31.1 Å². The first-order valence-corrected chi connectivity index (χ1v) is 8.02. The molecule has 1 aliphatic heterocycles. The van der Waals surface area contributed by atoms with E-state index in [1.54, 1.807) is 0 Å². The van der Waals surface area contributed by atoms with Crippen LogP contribution in [0, 0.1) is 0 Å². The average Bonchev–Trinajstić information content (AvgIpc) is 2.53. The smallest absolute Gasteiger partial charge is 0.240 e. The Kier molecular flexibility index (Phi) is 5.54. The summed E-state index contributed by atoms with van der Waals surface area (Å²) in [5.74, 6) is 0.445. The molecule has 21 heavy (non-hydrogen) atoms. The summed E-state index contributed by atoms with van der Waals surface area (Å²) < 4.78 is 42.5. The first kappa shape index (κ1) is 16.2. The fourth-order valence-electron chi connectivity index (χ4n) is 1.99. The Morgan fingerprint density at radius 3 is 2.86 bits per heavy atom. The number of aliphatic hydroxyl groups is 1. The Balaban J connectivity index is 2.07. The van der Waals surface area contributed by atoms with Gasteiger partial charge in [-0.1, -0.05) is 0 Å². The van der Waals surface area contributed by atoms with Crippen LogP contribution in [0.3, 0.4) is 0 Å². The third-order valence-corrected chi connectivity index (χ3v) is 4.54. The van der Waals surface area contributed by atoms with E-state index in [-0.39, 0.29) is 24.2 Å². The van der Waals surface area contributed by atoms with Gasteiger partial charge >= 0.3 is 0 Å². The van der Waals surface area contributed by atoms with Crippen molar-refractivity contribution in [3.63, 3.8) is 0 Å². The van der Waals surface area contributed by atoms with Gasteiger partial charge < -0.3 is 19.3 Å². The number of rotatable bonds is 6. The zero-order chi connectivity index (χ0) is 15.3. The Morgan fingerprint density at radius 2 is 2.24 bits per heavy atom. The van der Waals surface area contributed by atoms with E-state index in [4.69, 9.17) is 14.2 Å². The minimum Gasteiger partial charge on any atom is -0.496 e. The fourth-order valence-corrected chi connectivity index (χ4v) is 3.10. The molecule has 1 saturated heterocycles. The van der Waals surface area contributed by atoms with E-state index in [1.165, 1.54) is 25.3 Å². The maximum Gasteiger partial charge on any atom is 0.240 e. The lowest BCUT2D eigenvalue weighted by Crippen LogP contribution is -2.39. The van der Waals surface area contributed by atoms with E-state index in [1.807, 2.05) is 0 Å². The van der Waals surface area contributed by atoms with Gasteiger partial charge in [-0.25, -0.2) is 13.1 Å². The van der Waals surface area contributed by atoms with Crippen molar-refractivity contribution in [1.82, 2.24) is 4.72 Å². The number of sulfonamides is 1. The number of hydrogen-bond donors (Lipinski definition) is 2. The van der Waals surface area contributed by atoms with E-state index in [0.717, 1.165) is 0 Å². The number of benzene rings is 1. The quantitative estimate of drug-likeness (QED) is 0.760. The summed E-state index contributed by atoms with van der Waals surface area (Å²) in [6, 6.07) is 4.33. The van der Waals surface area contributed by atoms with Crippen LogP contribution in [-0.2, 0) is 26.1 Å². The molecule has 1 atom stereocenters. The van der Waals surface area contributed by atoms with Gasteiger partial charge in [-0.2, -0.15) is 0 Å². The van der Waals surface area contributed by atoms with Crippen LogP contribution in [0.2, 0.25) is 0 Å². The summed E-state index contributed by atoms with van der Waals surface area (Å²) in [5.41, 5.74) is 0.414. The van der Waals surface area contributed by atoms with Crippen LogP contribution in [0.1, 0.15) is 5.56 Å². The summed E-state index contributed by atoms with van der Waals surface area (Å²) in [7, 11) is -2.21. The SMILES string of the molecule is COc1ccc(S(=O)(=O)NCC2COCCO2)cc1CO. The summed E-state index contributed by atoms with van der Waals surface area (Å²) >= 11 is 0. The number of ether oxygens (including phenoxy) is 3. The number of hydrogen-bond acceptors (Lipinski definition) is 6. The van der Waals surface area contributed by atoms with Crippen LogP contribution < -0.4 is 9.46 Å². The van der Waals surface area contributed by atoms with Crippen LogP contribution in [0.5, 0.6) is 5.75 Å². The van der Waals surface area contributed by atoms with E-state index < -0.39 is 10.0 Å². The molecule has 0 aliphatic carbocycles. The molecule has 1 unspecified atom stereocenters. The number of methoxy groups -OCH3 is 1. The summed E-state index contributed by atoms with van der Waals surface area (Å²) in [6.07, 6.45) is -0.288. The molecule has 2 N–H and O–H groups in total. The molecule has 0 radical (unpaired) electrons. The predicted molar refractivity (Wildman–Crippen MR) is 74.7 cm³/mol. The van der Waals surface area contributed by atoms with E-state index in [2.05, 4.69) is 4.72 Å². The van der Waals surface area contributed by atoms with E-state index in [9.17, 15) is 13.5 Å². The molecule has 0 saturated carbocycles. The first-order valence-electron chi connectivity index (χ1n) is 6.53. The Morgan fingerprint density at radius 1 is 1.43 bits per heavy atom. The molecule has 0 bridgehead atoms. The van der Waals surface area contributed by atoms with Crippen molar-refractivity contribution in [1.29, 1.82) is 0 Å². The van der Waals surface area contributed by atoms with Crippen molar-refractivity contribution in [3.05, 3.63) is 23.8 Å². The Bertz CT molecular complexity index is 568. The molecule has 1 aliphatic rings. The number of aliphatic hydroxyl groups excluding tert-OH is 1. The molecule has 2 rings (SSSR count). The maximum atomic E-state index is 12.2. The molecule has 0 amide bonds. The molecule has 7 nitrogen and oxygen atoms in total. The Labute approximate surface area is 123 Å². The highest BCUT2D eigenvalue weighted by molar-refractivity contribution is 7.89. The summed E-state index contributed by atoms with van der Waals surface area (Å²) in [5, 5.41) is 9.24. The standard InChI is InChI=1S/C13H19NO6S/c1-18-13-3-2-12(6-10(13)8-15)21(16,17)14-7-11-9-19-4-5-20-11/h2-3,6,11,14-15H,4-5,7-9H2,1H3. The van der Waals surface area contributed by atoms with Crippen LogP contribution in [0.25, 0.3) is 0 Å². The molecule has 0 spiro atoms. The second kappa shape index (κ2) is 7.19. The Hall–Kier alpha value is -1.19. The van der Waals surface area contributed by atoms with Gasteiger partial charge in [0.1, 0.15) is 5.75 Å². The first-order chi connectivity index (χ1) is 10.1. The van der Waals surface area contributed by atoms with Crippen molar-refractivity contribution < 1.29 is 27.7 Å². The molecular formula is C13H19NO6S. The second-order valence-corrected chi connectivity index (χ2v) is 6.32.